The van der Waals surface area contributed by atoms with Gasteiger partial charge in [0.15, 0.2) is 5.82 Å². The molecule has 0 aliphatic carbocycles. The summed E-state index contributed by atoms with van der Waals surface area (Å²) in [6, 6.07) is 3.86. The monoisotopic (exact) mass is 272 g/mol. The lowest BCUT2D eigenvalue weighted by Crippen LogP contribution is -2.06. The van der Waals surface area contributed by atoms with Crippen molar-refractivity contribution in [2.45, 2.75) is 13.5 Å². The van der Waals surface area contributed by atoms with Gasteiger partial charge >= 0.3 is 0 Å². The van der Waals surface area contributed by atoms with E-state index >= 15 is 0 Å². The van der Waals surface area contributed by atoms with Crippen LogP contribution in [-0.4, -0.2) is 24.7 Å². The third-order valence-electron chi connectivity index (χ3n) is 2.71. The first-order valence-corrected chi connectivity index (χ1v) is 6.65. The van der Waals surface area contributed by atoms with Crippen molar-refractivity contribution in [3.63, 3.8) is 0 Å². The summed E-state index contributed by atoms with van der Waals surface area (Å²) in [4.78, 5) is 13.7. The number of pyridine rings is 1. The zero-order chi connectivity index (χ0) is 13.1. The van der Waals surface area contributed by atoms with Crippen LogP contribution in [-0.2, 0) is 6.54 Å². The van der Waals surface area contributed by atoms with Crippen LogP contribution in [0.15, 0.2) is 36.5 Å². The van der Waals surface area contributed by atoms with Crippen molar-refractivity contribution in [1.29, 1.82) is 0 Å². The van der Waals surface area contributed by atoms with Crippen molar-refractivity contribution in [3.8, 4) is 5.82 Å². The van der Waals surface area contributed by atoms with Gasteiger partial charge in [0.05, 0.1) is 23.4 Å². The normalized spacial score (nSPS) is 10.6. The number of rotatable bonds is 4. The van der Waals surface area contributed by atoms with E-state index in [4.69, 9.17) is 0 Å². The van der Waals surface area contributed by atoms with Gasteiger partial charge in [-0.3, -0.25) is 0 Å². The lowest BCUT2D eigenvalue weighted by molar-refractivity contribution is 0.844. The number of hydrogen-bond donors (Lipinski definition) is 1. The van der Waals surface area contributed by atoms with Crippen molar-refractivity contribution in [2.24, 2.45) is 0 Å². The highest BCUT2D eigenvalue weighted by atomic mass is 32.1. The first-order valence-electron chi connectivity index (χ1n) is 5.77. The predicted molar refractivity (Wildman–Crippen MR) is 73.3 cm³/mol. The summed E-state index contributed by atoms with van der Waals surface area (Å²) in [7, 11) is 0. The van der Waals surface area contributed by atoms with Crippen LogP contribution in [0, 0.1) is 6.92 Å². The quantitative estimate of drug-likeness (QED) is 0.787. The van der Waals surface area contributed by atoms with Gasteiger partial charge in [0, 0.05) is 11.1 Å². The Kier molecular flexibility index (Phi) is 3.20. The third kappa shape index (κ3) is 2.45. The van der Waals surface area contributed by atoms with Crippen LogP contribution in [0.3, 0.4) is 0 Å². The van der Waals surface area contributed by atoms with Crippen LogP contribution < -0.4 is 5.32 Å². The van der Waals surface area contributed by atoms with Gasteiger partial charge in [-0.15, -0.1) is 11.3 Å². The number of nitrogens with zero attached hydrogens (tertiary/aromatic N) is 5. The molecule has 19 heavy (non-hydrogen) atoms. The Hall–Kier alpha value is -2.28. The Morgan fingerprint density at radius 3 is 3.05 bits per heavy atom. The Labute approximate surface area is 114 Å². The van der Waals surface area contributed by atoms with Gasteiger partial charge in [0.1, 0.15) is 12.7 Å². The smallest absolute Gasteiger partial charge is 0.178 e. The molecular weight excluding hydrogens is 260 g/mol. The predicted octanol–water partition coefficient (Wildman–Crippen LogP) is 2.04. The van der Waals surface area contributed by atoms with Gasteiger partial charge in [-0.25, -0.2) is 19.6 Å². The van der Waals surface area contributed by atoms with Gasteiger partial charge in [0.25, 0.3) is 0 Å². The van der Waals surface area contributed by atoms with E-state index in [1.54, 1.807) is 28.5 Å². The number of hydrogen-bond acceptors (Lipinski definition) is 6. The topological polar surface area (TPSA) is 68.5 Å². The zero-order valence-corrected chi connectivity index (χ0v) is 11.1. The summed E-state index contributed by atoms with van der Waals surface area (Å²) in [5.74, 6) is 0.738. The van der Waals surface area contributed by atoms with Crippen molar-refractivity contribution < 1.29 is 0 Å². The molecule has 3 aromatic rings. The van der Waals surface area contributed by atoms with Crippen molar-refractivity contribution in [3.05, 3.63) is 47.1 Å². The van der Waals surface area contributed by atoms with E-state index in [-0.39, 0.29) is 0 Å². The van der Waals surface area contributed by atoms with Crippen LogP contribution >= 0.6 is 11.3 Å². The average Bonchev–Trinajstić information content (AvgIpc) is 3.08. The molecule has 0 unspecified atom stereocenters. The molecule has 0 aromatic carbocycles. The second-order valence-corrected chi connectivity index (χ2v) is 4.87. The van der Waals surface area contributed by atoms with E-state index < -0.39 is 0 Å². The lowest BCUT2D eigenvalue weighted by atomic mass is 10.3. The summed E-state index contributed by atoms with van der Waals surface area (Å²) in [5.41, 5.74) is 3.83. The van der Waals surface area contributed by atoms with E-state index in [1.807, 2.05) is 24.6 Å². The van der Waals surface area contributed by atoms with E-state index in [1.165, 1.54) is 11.2 Å². The fourth-order valence-corrected chi connectivity index (χ4v) is 2.42. The summed E-state index contributed by atoms with van der Waals surface area (Å²) >= 11 is 1.64. The molecule has 0 fully saturated rings. The minimum Gasteiger partial charge on any atom is -0.377 e. The molecule has 96 valence electrons. The molecule has 0 radical (unpaired) electrons. The van der Waals surface area contributed by atoms with Gasteiger partial charge < -0.3 is 5.32 Å². The number of nitrogens with one attached hydrogen (secondary N) is 1. The summed E-state index contributed by atoms with van der Waals surface area (Å²) in [6.45, 7) is 2.74. The molecule has 7 heteroatoms. The molecule has 0 atom stereocenters. The van der Waals surface area contributed by atoms with Crippen LogP contribution in [0.2, 0.25) is 0 Å². The average molecular weight is 272 g/mol. The first-order chi connectivity index (χ1) is 9.34. The minimum atomic E-state index is 0.726. The standard InChI is InChI=1S/C12H12N6S/c1-9-11(19-8-16-9)5-15-10-3-2-4-14-12(10)18-7-13-6-17-18/h2-4,6-8,15H,5H2,1H3. The highest BCUT2D eigenvalue weighted by molar-refractivity contribution is 7.09. The van der Waals surface area contributed by atoms with Gasteiger partial charge in [-0.2, -0.15) is 5.10 Å². The molecule has 3 heterocycles. The van der Waals surface area contributed by atoms with E-state index in [2.05, 4.69) is 25.4 Å². The minimum absolute atomic E-state index is 0.726. The Morgan fingerprint density at radius 1 is 1.37 bits per heavy atom. The molecule has 0 amide bonds. The van der Waals surface area contributed by atoms with Gasteiger partial charge in [0.2, 0.25) is 0 Å². The summed E-state index contributed by atoms with van der Waals surface area (Å²) in [6.07, 6.45) is 4.86. The van der Waals surface area contributed by atoms with Crippen molar-refractivity contribution >= 4 is 17.0 Å². The van der Waals surface area contributed by atoms with E-state index in [0.717, 1.165) is 23.7 Å². The van der Waals surface area contributed by atoms with Gasteiger partial charge in [-0.05, 0) is 19.1 Å². The fourth-order valence-electron chi connectivity index (χ4n) is 1.71. The number of aryl methyl sites for hydroxylation is 1. The SMILES string of the molecule is Cc1ncsc1CNc1cccnc1-n1cncn1. The molecule has 0 aliphatic heterocycles. The molecule has 0 spiro atoms. The molecule has 0 saturated heterocycles. The molecule has 1 N–H and O–H groups in total. The molecular formula is C12H12N6S. The number of thiazole rings is 1. The summed E-state index contributed by atoms with van der Waals surface area (Å²) in [5, 5.41) is 7.47. The van der Waals surface area contributed by atoms with Crippen LogP contribution in [0.5, 0.6) is 0 Å². The first kappa shape index (κ1) is 11.8. The fraction of sp³-hybridized carbons (Fsp3) is 0.167. The maximum absolute atomic E-state index is 4.33. The van der Waals surface area contributed by atoms with E-state index in [0.29, 0.717) is 0 Å². The molecule has 0 aliphatic rings. The maximum atomic E-state index is 4.33. The number of anilines is 1. The molecule has 6 nitrogen and oxygen atoms in total. The Bertz CT molecular complexity index is 660. The maximum Gasteiger partial charge on any atom is 0.178 e. The van der Waals surface area contributed by atoms with Crippen molar-refractivity contribution in [1.82, 2.24) is 24.7 Å². The third-order valence-corrected chi connectivity index (χ3v) is 3.64. The lowest BCUT2D eigenvalue weighted by Gasteiger charge is -2.09. The molecule has 0 saturated carbocycles. The summed E-state index contributed by atoms with van der Waals surface area (Å²) < 4.78 is 1.64. The van der Waals surface area contributed by atoms with E-state index in [9.17, 15) is 0 Å². The largest absolute Gasteiger partial charge is 0.377 e. The van der Waals surface area contributed by atoms with Crippen molar-refractivity contribution in [2.75, 3.05) is 5.32 Å². The molecule has 3 rings (SSSR count). The second-order valence-electron chi connectivity index (χ2n) is 3.93. The highest BCUT2D eigenvalue weighted by Gasteiger charge is 2.07. The van der Waals surface area contributed by atoms with Crippen LogP contribution in [0.1, 0.15) is 10.6 Å². The highest BCUT2D eigenvalue weighted by Crippen LogP contribution is 2.19. The van der Waals surface area contributed by atoms with Gasteiger partial charge in [-0.1, -0.05) is 0 Å². The number of aromatic nitrogens is 5. The molecule has 0 bridgehead atoms. The second kappa shape index (κ2) is 5.15. The Morgan fingerprint density at radius 2 is 2.32 bits per heavy atom. The Balaban J connectivity index is 1.84. The zero-order valence-electron chi connectivity index (χ0n) is 10.3. The molecule has 3 aromatic heterocycles. The van der Waals surface area contributed by atoms with Crippen LogP contribution in [0.4, 0.5) is 5.69 Å². The van der Waals surface area contributed by atoms with Crippen LogP contribution in [0.25, 0.3) is 5.82 Å².